The van der Waals surface area contributed by atoms with Crippen LogP contribution in [-0.4, -0.2) is 30.8 Å². The summed E-state index contributed by atoms with van der Waals surface area (Å²) in [7, 11) is 1.35. The molecule has 5 nitrogen and oxygen atoms in total. The van der Waals surface area contributed by atoms with Crippen molar-refractivity contribution in [1.29, 1.82) is 0 Å². The SMILES string of the molecule is CCCc1nc(C2CCOC2C)oc1C(=O)OC. The molecule has 100 valence electrons. The van der Waals surface area contributed by atoms with E-state index in [1.807, 2.05) is 13.8 Å². The van der Waals surface area contributed by atoms with Crippen LogP contribution in [0.25, 0.3) is 0 Å². The molecule has 18 heavy (non-hydrogen) atoms. The fourth-order valence-electron chi connectivity index (χ4n) is 2.24. The number of aryl methyl sites for hydroxylation is 1. The maximum atomic E-state index is 11.6. The van der Waals surface area contributed by atoms with E-state index in [9.17, 15) is 4.79 Å². The minimum Gasteiger partial charge on any atom is -0.463 e. The zero-order valence-electron chi connectivity index (χ0n) is 11.1. The lowest BCUT2D eigenvalue weighted by Crippen LogP contribution is -2.09. The van der Waals surface area contributed by atoms with Gasteiger partial charge in [0.15, 0.2) is 0 Å². The smallest absolute Gasteiger partial charge is 0.375 e. The molecule has 2 heterocycles. The molecule has 1 fully saturated rings. The number of hydrogen-bond donors (Lipinski definition) is 0. The molecule has 0 saturated carbocycles. The van der Waals surface area contributed by atoms with Crippen LogP contribution in [0, 0.1) is 0 Å². The summed E-state index contributed by atoms with van der Waals surface area (Å²) >= 11 is 0. The number of ether oxygens (including phenoxy) is 2. The molecule has 1 aliphatic rings. The van der Waals surface area contributed by atoms with Crippen LogP contribution >= 0.6 is 0 Å². The van der Waals surface area contributed by atoms with E-state index < -0.39 is 5.97 Å². The van der Waals surface area contributed by atoms with E-state index in [2.05, 4.69) is 4.98 Å². The number of rotatable bonds is 4. The largest absolute Gasteiger partial charge is 0.463 e. The van der Waals surface area contributed by atoms with Gasteiger partial charge in [-0.05, 0) is 19.8 Å². The van der Waals surface area contributed by atoms with E-state index in [1.54, 1.807) is 0 Å². The summed E-state index contributed by atoms with van der Waals surface area (Å²) in [6.45, 7) is 4.75. The summed E-state index contributed by atoms with van der Waals surface area (Å²) in [6, 6.07) is 0. The number of esters is 1. The van der Waals surface area contributed by atoms with Crippen molar-refractivity contribution in [3.05, 3.63) is 17.3 Å². The maximum Gasteiger partial charge on any atom is 0.375 e. The molecule has 1 aromatic rings. The molecule has 0 N–H and O–H groups in total. The van der Waals surface area contributed by atoms with Gasteiger partial charge in [0.1, 0.15) is 0 Å². The Morgan fingerprint density at radius 3 is 2.89 bits per heavy atom. The third-order valence-electron chi connectivity index (χ3n) is 3.26. The zero-order valence-corrected chi connectivity index (χ0v) is 11.1. The lowest BCUT2D eigenvalue weighted by Gasteiger charge is -2.08. The highest BCUT2D eigenvalue weighted by Gasteiger charge is 2.32. The van der Waals surface area contributed by atoms with E-state index in [4.69, 9.17) is 13.9 Å². The summed E-state index contributed by atoms with van der Waals surface area (Å²) in [4.78, 5) is 16.1. The monoisotopic (exact) mass is 253 g/mol. The maximum absolute atomic E-state index is 11.6. The summed E-state index contributed by atoms with van der Waals surface area (Å²) in [6.07, 6.45) is 2.60. The summed E-state index contributed by atoms with van der Waals surface area (Å²) < 4.78 is 15.8. The summed E-state index contributed by atoms with van der Waals surface area (Å²) in [5, 5.41) is 0. The van der Waals surface area contributed by atoms with Gasteiger partial charge < -0.3 is 13.9 Å². The van der Waals surface area contributed by atoms with Gasteiger partial charge in [-0.2, -0.15) is 0 Å². The van der Waals surface area contributed by atoms with Crippen molar-refractivity contribution >= 4 is 5.97 Å². The van der Waals surface area contributed by atoms with E-state index in [0.717, 1.165) is 19.3 Å². The zero-order chi connectivity index (χ0) is 13.1. The van der Waals surface area contributed by atoms with Crippen molar-refractivity contribution in [1.82, 2.24) is 4.98 Å². The van der Waals surface area contributed by atoms with Gasteiger partial charge in [-0.3, -0.25) is 0 Å². The minimum absolute atomic E-state index is 0.0867. The highest BCUT2D eigenvalue weighted by molar-refractivity contribution is 5.87. The fourth-order valence-corrected chi connectivity index (χ4v) is 2.24. The molecule has 0 radical (unpaired) electrons. The first-order chi connectivity index (χ1) is 8.67. The highest BCUT2D eigenvalue weighted by atomic mass is 16.5. The Bertz CT molecular complexity index is 427. The first-order valence-electron chi connectivity index (χ1n) is 6.36. The van der Waals surface area contributed by atoms with E-state index in [0.29, 0.717) is 18.2 Å². The van der Waals surface area contributed by atoms with Crippen LogP contribution in [0.2, 0.25) is 0 Å². The van der Waals surface area contributed by atoms with Crippen molar-refractivity contribution in [2.45, 2.75) is 45.1 Å². The molecular formula is C13H19NO4. The van der Waals surface area contributed by atoms with Gasteiger partial charge in [0.2, 0.25) is 11.7 Å². The lowest BCUT2D eigenvalue weighted by molar-refractivity contribution is 0.0558. The normalized spacial score (nSPS) is 23.3. The first kappa shape index (κ1) is 13.1. The third kappa shape index (κ3) is 2.41. The molecule has 0 aliphatic carbocycles. The third-order valence-corrected chi connectivity index (χ3v) is 3.26. The second-order valence-electron chi connectivity index (χ2n) is 4.54. The number of methoxy groups -OCH3 is 1. The van der Waals surface area contributed by atoms with Crippen LogP contribution < -0.4 is 0 Å². The minimum atomic E-state index is -0.455. The number of carbonyl (C=O) groups is 1. The molecule has 0 spiro atoms. The van der Waals surface area contributed by atoms with Gasteiger partial charge in [0.05, 0.1) is 24.8 Å². The first-order valence-corrected chi connectivity index (χ1v) is 6.36. The Balaban J connectivity index is 2.29. The van der Waals surface area contributed by atoms with Crippen LogP contribution in [0.4, 0.5) is 0 Å². The lowest BCUT2D eigenvalue weighted by atomic mass is 10.0. The summed E-state index contributed by atoms with van der Waals surface area (Å²) in [5.41, 5.74) is 0.693. The molecule has 0 bridgehead atoms. The Kier molecular flexibility index (Phi) is 4.01. The van der Waals surface area contributed by atoms with Gasteiger partial charge in [-0.1, -0.05) is 13.3 Å². The molecule has 0 amide bonds. The molecule has 5 heteroatoms. The Labute approximate surface area is 106 Å². The van der Waals surface area contributed by atoms with Crippen LogP contribution in [0.3, 0.4) is 0 Å². The van der Waals surface area contributed by atoms with Crippen LogP contribution in [-0.2, 0) is 15.9 Å². The van der Waals surface area contributed by atoms with Crippen molar-refractivity contribution in [3.63, 3.8) is 0 Å². The number of nitrogens with zero attached hydrogens (tertiary/aromatic N) is 1. The standard InChI is InChI=1S/C13H19NO4/c1-4-5-10-11(13(15)16-3)18-12(14-10)9-6-7-17-8(9)2/h8-9H,4-7H2,1-3H3. The van der Waals surface area contributed by atoms with Gasteiger partial charge in [0.25, 0.3) is 0 Å². The predicted molar refractivity (Wildman–Crippen MR) is 64.6 cm³/mol. The van der Waals surface area contributed by atoms with Gasteiger partial charge in [-0.25, -0.2) is 9.78 Å². The molecule has 1 aliphatic heterocycles. The Hall–Kier alpha value is -1.36. The van der Waals surface area contributed by atoms with Crippen molar-refractivity contribution in [3.8, 4) is 0 Å². The van der Waals surface area contributed by atoms with Crippen molar-refractivity contribution in [2.75, 3.05) is 13.7 Å². The Morgan fingerprint density at radius 2 is 2.33 bits per heavy atom. The molecular weight excluding hydrogens is 234 g/mol. The van der Waals surface area contributed by atoms with Crippen LogP contribution in [0.15, 0.2) is 4.42 Å². The van der Waals surface area contributed by atoms with Gasteiger partial charge in [-0.15, -0.1) is 0 Å². The molecule has 0 aromatic carbocycles. The second kappa shape index (κ2) is 5.52. The topological polar surface area (TPSA) is 61.6 Å². The molecule has 2 unspecified atom stereocenters. The van der Waals surface area contributed by atoms with Crippen LogP contribution in [0.1, 0.15) is 54.7 Å². The highest BCUT2D eigenvalue weighted by Crippen LogP contribution is 2.32. The number of carbonyl (C=O) groups excluding carboxylic acids is 1. The molecule has 1 aromatic heterocycles. The Morgan fingerprint density at radius 1 is 1.56 bits per heavy atom. The van der Waals surface area contributed by atoms with Crippen LogP contribution in [0.5, 0.6) is 0 Å². The quantitative estimate of drug-likeness (QED) is 0.770. The number of aromatic nitrogens is 1. The van der Waals surface area contributed by atoms with E-state index in [1.165, 1.54) is 7.11 Å². The average molecular weight is 253 g/mol. The van der Waals surface area contributed by atoms with E-state index in [-0.39, 0.29) is 17.8 Å². The number of hydrogen-bond acceptors (Lipinski definition) is 5. The predicted octanol–water partition coefficient (Wildman–Crippen LogP) is 2.31. The fraction of sp³-hybridized carbons (Fsp3) is 0.692. The van der Waals surface area contributed by atoms with Gasteiger partial charge in [0, 0.05) is 6.61 Å². The molecule has 1 saturated heterocycles. The van der Waals surface area contributed by atoms with Crippen molar-refractivity contribution in [2.24, 2.45) is 0 Å². The van der Waals surface area contributed by atoms with Gasteiger partial charge >= 0.3 is 5.97 Å². The van der Waals surface area contributed by atoms with E-state index >= 15 is 0 Å². The average Bonchev–Trinajstić information content (AvgIpc) is 2.95. The second-order valence-corrected chi connectivity index (χ2v) is 4.54. The molecule has 2 atom stereocenters. The van der Waals surface area contributed by atoms with Crippen molar-refractivity contribution < 1.29 is 18.7 Å². The summed E-state index contributed by atoms with van der Waals surface area (Å²) in [5.74, 6) is 0.528. The molecule has 2 rings (SSSR count). The number of oxazole rings is 1.